The Morgan fingerprint density at radius 3 is 2.56 bits per heavy atom. The van der Waals surface area contributed by atoms with Crippen molar-refractivity contribution in [3.05, 3.63) is 35.7 Å². The Morgan fingerprint density at radius 1 is 1.25 bits per heavy atom. The van der Waals surface area contributed by atoms with Crippen LogP contribution in [0, 0.1) is 13.8 Å². The molecule has 0 aliphatic carbocycles. The highest BCUT2D eigenvalue weighted by Crippen LogP contribution is 2.27. The van der Waals surface area contributed by atoms with Crippen LogP contribution in [-0.2, 0) is 0 Å². The van der Waals surface area contributed by atoms with Gasteiger partial charge in [0.2, 0.25) is 0 Å². The van der Waals surface area contributed by atoms with E-state index in [1.54, 1.807) is 0 Å². The first-order chi connectivity index (χ1) is 7.72. The molecule has 1 aromatic rings. The number of halogens is 1. The van der Waals surface area contributed by atoms with Gasteiger partial charge >= 0.3 is 0 Å². The van der Waals surface area contributed by atoms with Gasteiger partial charge in [-0.15, -0.1) is 0 Å². The summed E-state index contributed by atoms with van der Waals surface area (Å²) in [6.07, 6.45) is 0. The zero-order valence-electron chi connectivity index (χ0n) is 9.75. The zero-order valence-corrected chi connectivity index (χ0v) is 10.5. The quantitative estimate of drug-likeness (QED) is 0.780. The average Bonchev–Trinajstić information content (AvgIpc) is 2.33. The van der Waals surface area contributed by atoms with Gasteiger partial charge in [-0.25, -0.2) is 0 Å². The van der Waals surface area contributed by atoms with Crippen molar-refractivity contribution in [1.29, 1.82) is 0 Å². The summed E-state index contributed by atoms with van der Waals surface area (Å²) < 4.78 is 0. The molecule has 0 spiro atoms. The maximum atomic E-state index is 6.14. The maximum absolute atomic E-state index is 6.14. The van der Waals surface area contributed by atoms with Gasteiger partial charge in [0.05, 0.1) is 0 Å². The van der Waals surface area contributed by atoms with Crippen LogP contribution in [0.4, 0.5) is 5.69 Å². The first-order valence-corrected chi connectivity index (χ1v) is 6.12. The topological polar surface area (TPSA) is 6.48 Å². The number of hydrogen-bond acceptors (Lipinski definition) is 2. The summed E-state index contributed by atoms with van der Waals surface area (Å²) in [6.45, 7) is 11.2. The lowest BCUT2D eigenvalue weighted by Crippen LogP contribution is -2.46. The first-order valence-electron chi connectivity index (χ1n) is 5.74. The number of benzene rings is 1. The molecule has 0 atom stereocenters. The van der Waals surface area contributed by atoms with Gasteiger partial charge in [0, 0.05) is 36.9 Å². The summed E-state index contributed by atoms with van der Waals surface area (Å²) in [4.78, 5) is 4.78. The second-order valence-electron chi connectivity index (χ2n) is 4.21. The second-order valence-corrected chi connectivity index (χ2v) is 4.62. The third-order valence-electron chi connectivity index (χ3n) is 3.27. The summed E-state index contributed by atoms with van der Waals surface area (Å²) in [6, 6.07) is 6.13. The number of anilines is 1. The van der Waals surface area contributed by atoms with Crippen LogP contribution in [0.2, 0.25) is 5.02 Å². The van der Waals surface area contributed by atoms with Crippen LogP contribution in [0.25, 0.3) is 0 Å². The van der Waals surface area contributed by atoms with Gasteiger partial charge in [-0.05, 0) is 38.1 Å². The molecule has 0 saturated carbocycles. The molecule has 1 heterocycles. The molecule has 3 heteroatoms. The van der Waals surface area contributed by atoms with E-state index in [4.69, 9.17) is 11.6 Å². The summed E-state index contributed by atoms with van der Waals surface area (Å²) in [5, 5.41) is 0.858. The van der Waals surface area contributed by atoms with Crippen molar-refractivity contribution in [2.24, 2.45) is 0 Å². The minimum atomic E-state index is 0.858. The molecule has 1 fully saturated rings. The molecule has 0 unspecified atom stereocenters. The van der Waals surface area contributed by atoms with Crippen LogP contribution in [0.1, 0.15) is 5.56 Å². The highest BCUT2D eigenvalue weighted by molar-refractivity contribution is 6.31. The van der Waals surface area contributed by atoms with E-state index in [0.29, 0.717) is 0 Å². The van der Waals surface area contributed by atoms with E-state index in [-0.39, 0.29) is 0 Å². The SMILES string of the molecule is [CH2]CN1CCN(c2cccc(Cl)c2C)CC1. The molecule has 2 rings (SSSR count). The maximum Gasteiger partial charge on any atom is 0.0455 e. The van der Waals surface area contributed by atoms with Crippen LogP contribution >= 0.6 is 11.6 Å². The van der Waals surface area contributed by atoms with E-state index in [2.05, 4.69) is 29.7 Å². The molecule has 0 amide bonds. The fourth-order valence-electron chi connectivity index (χ4n) is 2.15. The van der Waals surface area contributed by atoms with Crippen molar-refractivity contribution in [3.8, 4) is 0 Å². The Bertz CT molecular complexity index is 357. The van der Waals surface area contributed by atoms with E-state index < -0.39 is 0 Å². The third-order valence-corrected chi connectivity index (χ3v) is 3.68. The minimum absolute atomic E-state index is 0.858. The fourth-order valence-corrected chi connectivity index (χ4v) is 2.32. The second kappa shape index (κ2) is 5.07. The van der Waals surface area contributed by atoms with E-state index >= 15 is 0 Å². The summed E-state index contributed by atoms with van der Waals surface area (Å²) >= 11 is 6.14. The molecular formula is C13H18ClN2. The van der Waals surface area contributed by atoms with Crippen LogP contribution in [-0.4, -0.2) is 37.6 Å². The number of rotatable bonds is 2. The molecule has 1 saturated heterocycles. The largest absolute Gasteiger partial charge is 0.369 e. The predicted octanol–water partition coefficient (Wildman–Crippen LogP) is 2.60. The highest BCUT2D eigenvalue weighted by atomic mass is 35.5. The molecular weight excluding hydrogens is 220 g/mol. The normalized spacial score (nSPS) is 17.8. The van der Waals surface area contributed by atoms with Gasteiger partial charge in [-0.3, -0.25) is 4.90 Å². The van der Waals surface area contributed by atoms with Crippen molar-refractivity contribution in [3.63, 3.8) is 0 Å². The molecule has 1 aromatic carbocycles. The molecule has 0 bridgehead atoms. The highest BCUT2D eigenvalue weighted by Gasteiger charge is 2.17. The molecule has 1 aliphatic heterocycles. The first kappa shape index (κ1) is 11.7. The molecule has 16 heavy (non-hydrogen) atoms. The van der Waals surface area contributed by atoms with Gasteiger partial charge < -0.3 is 4.90 Å². The van der Waals surface area contributed by atoms with Crippen LogP contribution in [0.5, 0.6) is 0 Å². The van der Waals surface area contributed by atoms with Gasteiger partial charge in [0.1, 0.15) is 0 Å². The van der Waals surface area contributed by atoms with Crippen molar-refractivity contribution in [1.82, 2.24) is 4.90 Å². The molecule has 1 radical (unpaired) electrons. The molecule has 1 aliphatic rings. The Morgan fingerprint density at radius 2 is 1.94 bits per heavy atom. The Labute approximate surface area is 103 Å². The van der Waals surface area contributed by atoms with Crippen molar-refractivity contribution < 1.29 is 0 Å². The van der Waals surface area contributed by atoms with Crippen molar-refractivity contribution in [2.75, 3.05) is 37.6 Å². The van der Waals surface area contributed by atoms with E-state index in [0.717, 1.165) is 37.7 Å². The number of piperazine rings is 1. The number of nitrogens with zero attached hydrogens (tertiary/aromatic N) is 2. The average molecular weight is 238 g/mol. The van der Waals surface area contributed by atoms with E-state index in [9.17, 15) is 0 Å². The Balaban J connectivity index is 2.11. The fraction of sp³-hybridized carbons (Fsp3) is 0.462. The van der Waals surface area contributed by atoms with Crippen LogP contribution in [0.15, 0.2) is 18.2 Å². The number of hydrogen-bond donors (Lipinski definition) is 0. The monoisotopic (exact) mass is 237 g/mol. The molecule has 87 valence electrons. The molecule has 0 aromatic heterocycles. The van der Waals surface area contributed by atoms with Crippen LogP contribution < -0.4 is 4.90 Å². The standard InChI is InChI=1S/C13H18ClN2/c1-3-15-7-9-16(10-8-15)13-6-4-5-12(14)11(13)2/h4-6H,1,3,7-10H2,2H3. The third kappa shape index (κ3) is 2.33. The molecule has 2 nitrogen and oxygen atoms in total. The van der Waals surface area contributed by atoms with E-state index in [1.807, 2.05) is 12.1 Å². The summed E-state index contributed by atoms with van der Waals surface area (Å²) in [7, 11) is 0. The summed E-state index contributed by atoms with van der Waals surface area (Å²) in [5.41, 5.74) is 2.46. The van der Waals surface area contributed by atoms with Crippen molar-refractivity contribution >= 4 is 17.3 Å². The smallest absolute Gasteiger partial charge is 0.0455 e. The lowest BCUT2D eigenvalue weighted by atomic mass is 10.1. The van der Waals surface area contributed by atoms with Crippen molar-refractivity contribution in [2.45, 2.75) is 6.92 Å². The summed E-state index contributed by atoms with van der Waals surface area (Å²) in [5.74, 6) is 0. The molecule has 0 N–H and O–H groups in total. The van der Waals surface area contributed by atoms with Gasteiger partial charge in [-0.2, -0.15) is 0 Å². The lowest BCUT2D eigenvalue weighted by Gasteiger charge is -2.36. The Kier molecular flexibility index (Phi) is 3.72. The van der Waals surface area contributed by atoms with Crippen LogP contribution in [0.3, 0.4) is 0 Å². The van der Waals surface area contributed by atoms with E-state index in [1.165, 1.54) is 11.3 Å². The predicted molar refractivity (Wildman–Crippen MR) is 70.2 cm³/mol. The van der Waals surface area contributed by atoms with Gasteiger partial charge in [-0.1, -0.05) is 17.7 Å². The minimum Gasteiger partial charge on any atom is -0.369 e. The van der Waals surface area contributed by atoms with Gasteiger partial charge in [0.15, 0.2) is 0 Å². The van der Waals surface area contributed by atoms with Gasteiger partial charge in [0.25, 0.3) is 0 Å². The zero-order chi connectivity index (χ0) is 11.5. The lowest BCUT2D eigenvalue weighted by molar-refractivity contribution is 0.283. The Hall–Kier alpha value is -0.730.